The molecule has 102 valence electrons. The molecule has 3 nitrogen and oxygen atoms in total. The van der Waals surface area contributed by atoms with E-state index in [0.717, 1.165) is 33.5 Å². The lowest BCUT2D eigenvalue weighted by atomic mass is 10.0. The Morgan fingerprint density at radius 1 is 0.952 bits per heavy atom. The third kappa shape index (κ3) is 1.94. The van der Waals surface area contributed by atoms with Crippen molar-refractivity contribution in [1.29, 1.82) is 0 Å². The molecule has 0 atom stereocenters. The Labute approximate surface area is 122 Å². The van der Waals surface area contributed by atoms with Gasteiger partial charge in [0.25, 0.3) is 0 Å². The van der Waals surface area contributed by atoms with Gasteiger partial charge in [0.15, 0.2) is 0 Å². The molecule has 0 amide bonds. The lowest BCUT2D eigenvalue weighted by molar-refractivity contribution is 0.568. The fourth-order valence-electron chi connectivity index (χ4n) is 2.68. The van der Waals surface area contributed by atoms with Crippen molar-refractivity contribution in [2.45, 2.75) is 6.92 Å². The summed E-state index contributed by atoms with van der Waals surface area (Å²) in [4.78, 5) is 8.20. The highest BCUT2D eigenvalue weighted by atomic mass is 16.3. The van der Waals surface area contributed by atoms with Crippen LogP contribution in [0, 0.1) is 6.92 Å². The van der Waals surface area contributed by atoms with Crippen LogP contribution >= 0.6 is 0 Å². The summed E-state index contributed by atoms with van der Waals surface area (Å²) in [7, 11) is 0. The number of nitrogens with one attached hydrogen (secondary N) is 1. The van der Waals surface area contributed by atoms with Crippen LogP contribution in [0.15, 0.2) is 65.5 Å². The van der Waals surface area contributed by atoms with Crippen LogP contribution in [0.25, 0.3) is 33.5 Å². The van der Waals surface area contributed by atoms with Gasteiger partial charge in [-0.05, 0) is 24.6 Å². The molecule has 0 saturated carbocycles. The monoisotopic (exact) mass is 274 g/mol. The third-order valence-corrected chi connectivity index (χ3v) is 3.72. The number of hydrogen-bond donors (Lipinski definition) is 1. The molecule has 3 heteroatoms. The zero-order valence-electron chi connectivity index (χ0n) is 11.6. The van der Waals surface area contributed by atoms with Crippen molar-refractivity contribution >= 4 is 11.0 Å². The number of H-pyrrole nitrogens is 1. The van der Waals surface area contributed by atoms with E-state index < -0.39 is 0 Å². The van der Waals surface area contributed by atoms with Gasteiger partial charge < -0.3 is 9.40 Å². The van der Waals surface area contributed by atoms with E-state index in [2.05, 4.69) is 36.2 Å². The number of aryl methyl sites for hydroxylation is 1. The minimum Gasteiger partial charge on any atom is -0.472 e. The van der Waals surface area contributed by atoms with Gasteiger partial charge in [0.05, 0.1) is 23.6 Å². The van der Waals surface area contributed by atoms with Gasteiger partial charge >= 0.3 is 0 Å². The summed E-state index contributed by atoms with van der Waals surface area (Å²) in [5.41, 5.74) is 6.48. The van der Waals surface area contributed by atoms with Gasteiger partial charge in [-0.1, -0.05) is 36.4 Å². The number of nitrogens with zero attached hydrogens (tertiary/aromatic N) is 1. The molecule has 2 aromatic carbocycles. The Kier molecular flexibility index (Phi) is 2.64. The average Bonchev–Trinajstić information content (AvgIpc) is 3.17. The fourth-order valence-corrected chi connectivity index (χ4v) is 2.68. The smallest absolute Gasteiger partial charge is 0.138 e. The van der Waals surface area contributed by atoms with Gasteiger partial charge in [0.2, 0.25) is 0 Å². The molecular formula is C18H14N2O. The van der Waals surface area contributed by atoms with E-state index in [1.54, 1.807) is 12.5 Å². The molecule has 0 fully saturated rings. The number of aromatic nitrogens is 2. The summed E-state index contributed by atoms with van der Waals surface area (Å²) < 4.78 is 5.23. The summed E-state index contributed by atoms with van der Waals surface area (Å²) >= 11 is 0. The Morgan fingerprint density at radius 2 is 1.81 bits per heavy atom. The molecule has 0 aliphatic rings. The third-order valence-electron chi connectivity index (χ3n) is 3.72. The van der Waals surface area contributed by atoms with Gasteiger partial charge in [-0.3, -0.25) is 0 Å². The Balaban J connectivity index is 1.98. The van der Waals surface area contributed by atoms with E-state index in [0.29, 0.717) is 0 Å². The van der Waals surface area contributed by atoms with Crippen LogP contribution < -0.4 is 0 Å². The maximum atomic E-state index is 5.23. The highest BCUT2D eigenvalue weighted by molar-refractivity contribution is 5.95. The highest BCUT2D eigenvalue weighted by Gasteiger charge is 2.13. The van der Waals surface area contributed by atoms with Crippen LogP contribution in [0.5, 0.6) is 0 Å². The molecule has 0 unspecified atom stereocenters. The minimum atomic E-state index is 0.890. The number of hydrogen-bond acceptors (Lipinski definition) is 2. The molecule has 0 aliphatic heterocycles. The van der Waals surface area contributed by atoms with E-state index in [1.807, 2.05) is 24.3 Å². The lowest BCUT2D eigenvalue weighted by Crippen LogP contribution is -1.84. The van der Waals surface area contributed by atoms with E-state index in [4.69, 9.17) is 9.40 Å². The number of benzene rings is 2. The van der Waals surface area contributed by atoms with E-state index in [1.165, 1.54) is 5.56 Å². The quantitative estimate of drug-likeness (QED) is 0.570. The molecule has 21 heavy (non-hydrogen) atoms. The zero-order valence-corrected chi connectivity index (χ0v) is 11.6. The Bertz CT molecular complexity index is 890. The first-order chi connectivity index (χ1) is 10.3. The summed E-state index contributed by atoms with van der Waals surface area (Å²) in [6, 6.07) is 16.3. The second kappa shape index (κ2) is 4.63. The molecule has 0 spiro atoms. The summed E-state index contributed by atoms with van der Waals surface area (Å²) in [6.07, 6.45) is 3.46. The van der Waals surface area contributed by atoms with Crippen molar-refractivity contribution < 1.29 is 4.42 Å². The highest BCUT2D eigenvalue weighted by Crippen LogP contribution is 2.32. The largest absolute Gasteiger partial charge is 0.472 e. The van der Waals surface area contributed by atoms with Crippen LogP contribution in [0.4, 0.5) is 0 Å². The zero-order chi connectivity index (χ0) is 14.2. The average molecular weight is 274 g/mol. The number of fused-ring (bicyclic) bond motifs is 1. The molecule has 4 rings (SSSR count). The number of rotatable bonds is 2. The SMILES string of the molecule is Cc1ccc2[nH]c(-c3ccccc3)nc2c1-c1ccoc1. The first-order valence-corrected chi connectivity index (χ1v) is 6.90. The molecular weight excluding hydrogens is 260 g/mol. The van der Waals surface area contributed by atoms with Crippen molar-refractivity contribution in [2.24, 2.45) is 0 Å². The maximum absolute atomic E-state index is 5.23. The number of imidazole rings is 1. The number of aromatic amines is 1. The predicted molar refractivity (Wildman–Crippen MR) is 84.0 cm³/mol. The van der Waals surface area contributed by atoms with Crippen molar-refractivity contribution in [1.82, 2.24) is 9.97 Å². The standard InChI is InChI=1S/C18H14N2O/c1-12-7-8-15-17(16(12)14-9-10-21-11-14)20-18(19-15)13-5-3-2-4-6-13/h2-11H,1H3,(H,19,20). The van der Waals surface area contributed by atoms with Crippen LogP contribution in [0.3, 0.4) is 0 Å². The summed E-state index contributed by atoms with van der Waals surface area (Å²) in [5.74, 6) is 0.890. The second-order valence-electron chi connectivity index (χ2n) is 5.12. The van der Waals surface area contributed by atoms with Crippen molar-refractivity contribution in [3.05, 3.63) is 66.6 Å². The summed E-state index contributed by atoms with van der Waals surface area (Å²) in [5, 5.41) is 0. The first-order valence-electron chi connectivity index (χ1n) is 6.90. The molecule has 1 N–H and O–H groups in total. The molecule has 2 heterocycles. The van der Waals surface area contributed by atoms with Gasteiger partial charge in [-0.2, -0.15) is 0 Å². The van der Waals surface area contributed by atoms with E-state index in [-0.39, 0.29) is 0 Å². The molecule has 0 radical (unpaired) electrons. The van der Waals surface area contributed by atoms with Gasteiger partial charge in [-0.25, -0.2) is 4.98 Å². The molecule has 2 aromatic heterocycles. The molecule has 0 bridgehead atoms. The predicted octanol–water partition coefficient (Wildman–Crippen LogP) is 4.80. The number of furan rings is 1. The van der Waals surface area contributed by atoms with Crippen LogP contribution in [-0.2, 0) is 0 Å². The molecule has 0 aliphatic carbocycles. The van der Waals surface area contributed by atoms with Crippen molar-refractivity contribution in [3.8, 4) is 22.5 Å². The Morgan fingerprint density at radius 3 is 2.57 bits per heavy atom. The second-order valence-corrected chi connectivity index (χ2v) is 5.12. The van der Waals surface area contributed by atoms with Crippen molar-refractivity contribution in [2.75, 3.05) is 0 Å². The van der Waals surface area contributed by atoms with Gasteiger partial charge in [-0.15, -0.1) is 0 Å². The van der Waals surface area contributed by atoms with E-state index in [9.17, 15) is 0 Å². The Hall–Kier alpha value is -2.81. The minimum absolute atomic E-state index is 0.890. The molecule has 0 saturated heterocycles. The van der Waals surface area contributed by atoms with E-state index >= 15 is 0 Å². The van der Waals surface area contributed by atoms with Crippen molar-refractivity contribution in [3.63, 3.8) is 0 Å². The lowest BCUT2D eigenvalue weighted by Gasteiger charge is -2.03. The van der Waals surface area contributed by atoms with Gasteiger partial charge in [0, 0.05) is 16.7 Å². The van der Waals surface area contributed by atoms with Gasteiger partial charge in [0.1, 0.15) is 5.82 Å². The normalized spacial score (nSPS) is 11.1. The fraction of sp³-hybridized carbons (Fsp3) is 0.0556. The maximum Gasteiger partial charge on any atom is 0.138 e. The van der Waals surface area contributed by atoms with Crippen LogP contribution in [0.1, 0.15) is 5.56 Å². The molecule has 4 aromatic rings. The van der Waals surface area contributed by atoms with Crippen LogP contribution in [0.2, 0.25) is 0 Å². The summed E-state index contributed by atoms with van der Waals surface area (Å²) in [6.45, 7) is 2.10. The van der Waals surface area contributed by atoms with Crippen LogP contribution in [-0.4, -0.2) is 9.97 Å². The first kappa shape index (κ1) is 12.0. The topological polar surface area (TPSA) is 41.8 Å².